The summed E-state index contributed by atoms with van der Waals surface area (Å²) in [7, 11) is 2.03. The molecule has 0 amide bonds. The Balaban J connectivity index is 1.96. The first-order valence-corrected chi connectivity index (χ1v) is 7.73. The molecule has 16 heavy (non-hydrogen) atoms. The molecule has 1 aliphatic heterocycles. The normalized spacial score (nSPS) is 27.9. The molecular weight excluding hydrogens is 238 g/mol. The van der Waals surface area contributed by atoms with Crippen LogP contribution in [0.1, 0.15) is 12.7 Å². The fourth-order valence-corrected chi connectivity index (χ4v) is 4.93. The molecule has 1 aromatic heterocycles. The van der Waals surface area contributed by atoms with Crippen molar-refractivity contribution >= 4 is 23.5 Å². The molecule has 1 aromatic rings. The third-order valence-electron chi connectivity index (χ3n) is 3.00. The van der Waals surface area contributed by atoms with Crippen LogP contribution in [0.3, 0.4) is 0 Å². The molecule has 0 aromatic carbocycles. The Bertz CT molecular complexity index is 340. The zero-order valence-electron chi connectivity index (χ0n) is 9.80. The van der Waals surface area contributed by atoms with Crippen molar-refractivity contribution in [2.24, 2.45) is 12.8 Å². The molecule has 0 radical (unpaired) electrons. The van der Waals surface area contributed by atoms with Gasteiger partial charge in [-0.3, -0.25) is 0 Å². The summed E-state index contributed by atoms with van der Waals surface area (Å²) in [5.74, 6) is 3.58. The predicted molar refractivity (Wildman–Crippen MR) is 73.1 cm³/mol. The van der Waals surface area contributed by atoms with Gasteiger partial charge in [-0.2, -0.15) is 23.5 Å². The number of imidazole rings is 1. The second-order valence-corrected chi connectivity index (χ2v) is 7.00. The molecule has 2 rings (SSSR count). The molecule has 1 fully saturated rings. The maximum atomic E-state index is 6.31. The minimum absolute atomic E-state index is 0.217. The van der Waals surface area contributed by atoms with Crippen LogP contribution in [0.2, 0.25) is 0 Å². The Morgan fingerprint density at radius 2 is 2.31 bits per heavy atom. The topological polar surface area (TPSA) is 43.8 Å². The smallest absolute Gasteiger partial charge is 0.109 e. The summed E-state index contributed by atoms with van der Waals surface area (Å²) in [6.45, 7) is 2.29. The van der Waals surface area contributed by atoms with E-state index in [0.717, 1.165) is 12.2 Å². The Morgan fingerprint density at radius 3 is 2.94 bits per heavy atom. The molecule has 0 spiro atoms. The van der Waals surface area contributed by atoms with Gasteiger partial charge >= 0.3 is 0 Å². The van der Waals surface area contributed by atoms with Gasteiger partial charge in [-0.15, -0.1) is 0 Å². The fraction of sp³-hybridized carbons (Fsp3) is 0.727. The summed E-state index contributed by atoms with van der Waals surface area (Å²) in [5, 5.41) is 1.23. The van der Waals surface area contributed by atoms with Gasteiger partial charge in [0.2, 0.25) is 0 Å². The molecule has 3 atom stereocenters. The van der Waals surface area contributed by atoms with Crippen LogP contribution in [0.15, 0.2) is 12.4 Å². The number of nitrogens with zero attached hydrogens (tertiary/aromatic N) is 2. The van der Waals surface area contributed by atoms with Crippen molar-refractivity contribution in [3.05, 3.63) is 18.2 Å². The zero-order valence-corrected chi connectivity index (χ0v) is 11.4. The highest BCUT2D eigenvalue weighted by atomic mass is 32.2. The Kier molecular flexibility index (Phi) is 4.21. The van der Waals surface area contributed by atoms with Crippen LogP contribution in [0.4, 0.5) is 0 Å². The molecule has 1 aliphatic rings. The molecule has 2 heterocycles. The first-order valence-electron chi connectivity index (χ1n) is 5.63. The van der Waals surface area contributed by atoms with E-state index in [-0.39, 0.29) is 6.04 Å². The number of hydrogen-bond donors (Lipinski definition) is 1. The van der Waals surface area contributed by atoms with Gasteiger partial charge in [-0.05, 0) is 0 Å². The Hall–Kier alpha value is -0.130. The van der Waals surface area contributed by atoms with Gasteiger partial charge in [0.15, 0.2) is 0 Å². The first kappa shape index (κ1) is 12.3. The predicted octanol–water partition coefficient (Wildman–Crippen LogP) is 1.53. The van der Waals surface area contributed by atoms with Gasteiger partial charge in [-0.1, -0.05) is 6.92 Å². The van der Waals surface area contributed by atoms with Crippen LogP contribution in [0.25, 0.3) is 0 Å². The lowest BCUT2D eigenvalue weighted by molar-refractivity contribution is 0.592. The van der Waals surface area contributed by atoms with E-state index in [4.69, 9.17) is 5.73 Å². The van der Waals surface area contributed by atoms with Crippen molar-refractivity contribution in [3.8, 4) is 0 Å². The zero-order chi connectivity index (χ0) is 11.5. The second-order valence-electron chi connectivity index (χ2n) is 4.23. The maximum Gasteiger partial charge on any atom is 0.109 e. The van der Waals surface area contributed by atoms with Crippen LogP contribution < -0.4 is 5.73 Å². The van der Waals surface area contributed by atoms with E-state index in [2.05, 4.69) is 16.5 Å². The van der Waals surface area contributed by atoms with Crippen molar-refractivity contribution < 1.29 is 0 Å². The van der Waals surface area contributed by atoms with Crippen molar-refractivity contribution in [3.63, 3.8) is 0 Å². The molecule has 2 N–H and O–H groups in total. The van der Waals surface area contributed by atoms with E-state index < -0.39 is 0 Å². The molecule has 3 unspecified atom stereocenters. The molecule has 0 bridgehead atoms. The molecule has 90 valence electrons. The number of aryl methyl sites for hydroxylation is 1. The SMILES string of the molecule is CC1SCCSC1C(N)Cc1nccn1C. The van der Waals surface area contributed by atoms with Gasteiger partial charge in [0.25, 0.3) is 0 Å². The average molecular weight is 257 g/mol. The van der Waals surface area contributed by atoms with Gasteiger partial charge in [-0.25, -0.2) is 4.98 Å². The number of rotatable bonds is 3. The number of thioether (sulfide) groups is 2. The van der Waals surface area contributed by atoms with Crippen molar-refractivity contribution in [2.45, 2.75) is 29.9 Å². The summed E-state index contributed by atoms with van der Waals surface area (Å²) < 4.78 is 2.06. The molecule has 0 saturated carbocycles. The molecule has 5 heteroatoms. The largest absolute Gasteiger partial charge is 0.338 e. The first-order chi connectivity index (χ1) is 7.68. The molecular formula is C11H19N3S2. The van der Waals surface area contributed by atoms with Gasteiger partial charge in [0.1, 0.15) is 5.82 Å². The third-order valence-corrected chi connectivity index (χ3v) is 6.27. The van der Waals surface area contributed by atoms with Gasteiger partial charge in [0.05, 0.1) is 0 Å². The molecule has 3 nitrogen and oxygen atoms in total. The quantitative estimate of drug-likeness (QED) is 0.892. The number of nitrogens with two attached hydrogens (primary N) is 1. The summed E-state index contributed by atoms with van der Waals surface area (Å²) in [6.07, 6.45) is 4.70. The minimum atomic E-state index is 0.217. The highest BCUT2D eigenvalue weighted by Crippen LogP contribution is 2.33. The summed E-state index contributed by atoms with van der Waals surface area (Å²) >= 11 is 4.07. The van der Waals surface area contributed by atoms with E-state index in [1.54, 1.807) is 0 Å². The second kappa shape index (κ2) is 5.47. The highest BCUT2D eigenvalue weighted by Gasteiger charge is 2.28. The van der Waals surface area contributed by atoms with Crippen molar-refractivity contribution in [2.75, 3.05) is 11.5 Å². The number of hydrogen-bond acceptors (Lipinski definition) is 4. The van der Waals surface area contributed by atoms with Crippen LogP contribution in [-0.2, 0) is 13.5 Å². The highest BCUT2D eigenvalue weighted by molar-refractivity contribution is 8.07. The maximum absolute atomic E-state index is 6.31. The minimum Gasteiger partial charge on any atom is -0.338 e. The molecule has 1 saturated heterocycles. The van der Waals surface area contributed by atoms with Crippen molar-refractivity contribution in [1.82, 2.24) is 9.55 Å². The van der Waals surface area contributed by atoms with Crippen molar-refractivity contribution in [1.29, 1.82) is 0 Å². The van der Waals surface area contributed by atoms with Gasteiger partial charge in [0, 0.05) is 53.9 Å². The Morgan fingerprint density at radius 1 is 1.56 bits per heavy atom. The third kappa shape index (κ3) is 2.76. The van der Waals surface area contributed by atoms with Crippen LogP contribution in [-0.4, -0.2) is 37.6 Å². The average Bonchev–Trinajstić information content (AvgIpc) is 2.65. The number of aromatic nitrogens is 2. The van der Waals surface area contributed by atoms with E-state index in [1.807, 2.05) is 43.0 Å². The lowest BCUT2D eigenvalue weighted by atomic mass is 10.1. The monoisotopic (exact) mass is 257 g/mol. The van der Waals surface area contributed by atoms with Crippen LogP contribution in [0, 0.1) is 0 Å². The Labute approximate surface area is 106 Å². The van der Waals surface area contributed by atoms with E-state index in [1.165, 1.54) is 11.5 Å². The fourth-order valence-electron chi connectivity index (χ4n) is 2.04. The lowest BCUT2D eigenvalue weighted by Crippen LogP contribution is -2.42. The van der Waals surface area contributed by atoms with E-state index >= 15 is 0 Å². The molecule has 0 aliphatic carbocycles. The van der Waals surface area contributed by atoms with E-state index in [9.17, 15) is 0 Å². The lowest BCUT2D eigenvalue weighted by Gasteiger charge is -2.32. The summed E-state index contributed by atoms with van der Waals surface area (Å²) in [6, 6.07) is 0.217. The standard InChI is InChI=1S/C11H19N3S2/c1-8-11(16-6-5-15-8)9(12)7-10-13-3-4-14(10)2/h3-4,8-9,11H,5-7,12H2,1-2H3. The summed E-state index contributed by atoms with van der Waals surface area (Å²) in [4.78, 5) is 4.34. The van der Waals surface area contributed by atoms with Crippen LogP contribution >= 0.6 is 23.5 Å². The van der Waals surface area contributed by atoms with E-state index in [0.29, 0.717) is 10.5 Å². The van der Waals surface area contributed by atoms with Crippen LogP contribution in [0.5, 0.6) is 0 Å². The van der Waals surface area contributed by atoms with Gasteiger partial charge < -0.3 is 10.3 Å². The summed E-state index contributed by atoms with van der Waals surface area (Å²) in [5.41, 5.74) is 6.31.